The number of ether oxygens (including phenoxy) is 1. The number of hydrogen-bond acceptors (Lipinski definition) is 4. The van der Waals surface area contributed by atoms with Crippen LogP contribution < -0.4 is 10.6 Å². The predicted molar refractivity (Wildman–Crippen MR) is 81.5 cm³/mol. The summed E-state index contributed by atoms with van der Waals surface area (Å²) in [5, 5.41) is 10.2. The molecule has 0 bridgehead atoms. The third-order valence-electron chi connectivity index (χ3n) is 2.44. The van der Waals surface area contributed by atoms with Gasteiger partial charge in [0.25, 0.3) is 0 Å². The van der Waals surface area contributed by atoms with E-state index in [9.17, 15) is 0 Å². The Kier molecular flexibility index (Phi) is 8.73. The van der Waals surface area contributed by atoms with Gasteiger partial charge in [0.05, 0.1) is 12.3 Å². The fraction of sp³-hybridized carbons (Fsp3) is 0.636. The second kappa shape index (κ2) is 9.15. The van der Waals surface area contributed by atoms with Crippen LogP contribution in [0.25, 0.3) is 0 Å². The number of halogens is 1. The smallest absolute Gasteiger partial charge is 0.191 e. The highest BCUT2D eigenvalue weighted by Gasteiger charge is 2.08. The monoisotopic (exact) mass is 368 g/mol. The van der Waals surface area contributed by atoms with Crippen molar-refractivity contribution in [2.75, 3.05) is 27.3 Å². The molecule has 1 aromatic heterocycles. The summed E-state index contributed by atoms with van der Waals surface area (Å²) in [6.07, 6.45) is 0. The van der Waals surface area contributed by atoms with Crippen LogP contribution >= 0.6 is 24.0 Å². The van der Waals surface area contributed by atoms with Crippen molar-refractivity contribution in [3.8, 4) is 0 Å². The summed E-state index contributed by atoms with van der Waals surface area (Å²) < 4.78 is 10.0. The van der Waals surface area contributed by atoms with Gasteiger partial charge >= 0.3 is 0 Å². The summed E-state index contributed by atoms with van der Waals surface area (Å²) in [5.41, 5.74) is 1.97. The van der Waals surface area contributed by atoms with Gasteiger partial charge in [-0.05, 0) is 13.8 Å². The van der Waals surface area contributed by atoms with Crippen molar-refractivity contribution in [1.82, 2.24) is 15.8 Å². The number of nitrogens with zero attached hydrogens (tertiary/aromatic N) is 2. The molecule has 0 aliphatic heterocycles. The van der Waals surface area contributed by atoms with Crippen molar-refractivity contribution in [3.63, 3.8) is 0 Å². The fourth-order valence-electron chi connectivity index (χ4n) is 1.42. The van der Waals surface area contributed by atoms with E-state index in [-0.39, 0.29) is 24.0 Å². The van der Waals surface area contributed by atoms with E-state index in [2.05, 4.69) is 20.8 Å². The van der Waals surface area contributed by atoms with Gasteiger partial charge in [-0.15, -0.1) is 24.0 Å². The summed E-state index contributed by atoms with van der Waals surface area (Å²) in [6, 6.07) is 0. The molecular weight excluding hydrogens is 347 g/mol. The van der Waals surface area contributed by atoms with Crippen LogP contribution in [0.1, 0.15) is 17.0 Å². The van der Waals surface area contributed by atoms with Crippen molar-refractivity contribution < 1.29 is 9.26 Å². The molecule has 1 heterocycles. The van der Waals surface area contributed by atoms with Crippen LogP contribution in [-0.2, 0) is 11.3 Å². The van der Waals surface area contributed by atoms with Crippen molar-refractivity contribution >= 4 is 29.9 Å². The topological polar surface area (TPSA) is 71.7 Å². The standard InChI is InChI=1S/C11H20N4O2.HI/c1-8-10(9(2)17-15-8)7-14-11(12-3)13-5-6-16-4;/h5-7H2,1-4H3,(H2,12,13,14);1H. The van der Waals surface area contributed by atoms with Crippen molar-refractivity contribution in [2.24, 2.45) is 4.99 Å². The molecule has 0 saturated heterocycles. The molecule has 0 aliphatic rings. The molecular formula is C11H21IN4O2. The molecule has 0 radical (unpaired) electrons. The van der Waals surface area contributed by atoms with Gasteiger partial charge in [0, 0.05) is 32.8 Å². The number of aryl methyl sites for hydroxylation is 2. The number of guanidine groups is 1. The highest BCUT2D eigenvalue weighted by Crippen LogP contribution is 2.11. The summed E-state index contributed by atoms with van der Waals surface area (Å²) in [7, 11) is 3.40. The zero-order valence-corrected chi connectivity index (χ0v) is 13.6. The number of rotatable bonds is 5. The van der Waals surface area contributed by atoms with Gasteiger partial charge < -0.3 is 19.9 Å². The molecule has 0 unspecified atom stereocenters. The molecule has 0 spiro atoms. The van der Waals surface area contributed by atoms with E-state index < -0.39 is 0 Å². The first-order valence-electron chi connectivity index (χ1n) is 5.54. The number of methoxy groups -OCH3 is 1. The van der Waals surface area contributed by atoms with E-state index in [1.165, 1.54) is 0 Å². The van der Waals surface area contributed by atoms with Crippen molar-refractivity contribution in [2.45, 2.75) is 20.4 Å². The minimum absolute atomic E-state index is 0. The Morgan fingerprint density at radius 1 is 1.39 bits per heavy atom. The second-order valence-corrected chi connectivity index (χ2v) is 3.65. The van der Waals surface area contributed by atoms with E-state index in [1.807, 2.05) is 13.8 Å². The largest absolute Gasteiger partial charge is 0.383 e. The van der Waals surface area contributed by atoms with Gasteiger partial charge in [0.15, 0.2) is 5.96 Å². The zero-order valence-electron chi connectivity index (χ0n) is 11.2. The van der Waals surface area contributed by atoms with E-state index in [1.54, 1.807) is 14.2 Å². The van der Waals surface area contributed by atoms with Crippen molar-refractivity contribution in [1.29, 1.82) is 0 Å². The lowest BCUT2D eigenvalue weighted by molar-refractivity contribution is 0.203. The van der Waals surface area contributed by atoms with E-state index in [4.69, 9.17) is 9.26 Å². The average molecular weight is 368 g/mol. The van der Waals surface area contributed by atoms with Crippen LogP contribution in [0.15, 0.2) is 9.52 Å². The average Bonchev–Trinajstić information content (AvgIpc) is 2.64. The lowest BCUT2D eigenvalue weighted by atomic mass is 10.2. The molecule has 104 valence electrons. The van der Waals surface area contributed by atoms with Gasteiger partial charge in [-0.1, -0.05) is 5.16 Å². The summed E-state index contributed by atoms with van der Waals surface area (Å²) >= 11 is 0. The summed E-state index contributed by atoms with van der Waals surface area (Å²) in [5.74, 6) is 1.57. The van der Waals surface area contributed by atoms with Gasteiger partial charge in [-0.3, -0.25) is 4.99 Å². The van der Waals surface area contributed by atoms with Gasteiger partial charge in [0.1, 0.15) is 5.76 Å². The van der Waals surface area contributed by atoms with Crippen LogP contribution in [-0.4, -0.2) is 38.4 Å². The molecule has 18 heavy (non-hydrogen) atoms. The Morgan fingerprint density at radius 3 is 2.61 bits per heavy atom. The molecule has 0 amide bonds. The zero-order chi connectivity index (χ0) is 12.7. The fourth-order valence-corrected chi connectivity index (χ4v) is 1.42. The molecule has 1 rings (SSSR count). The van der Waals surface area contributed by atoms with Crippen LogP contribution in [0.4, 0.5) is 0 Å². The Bertz CT molecular complexity index is 360. The minimum atomic E-state index is 0. The maximum absolute atomic E-state index is 5.09. The molecule has 0 saturated carbocycles. The Morgan fingerprint density at radius 2 is 2.11 bits per heavy atom. The van der Waals surface area contributed by atoms with Gasteiger partial charge in [-0.25, -0.2) is 0 Å². The molecule has 6 nitrogen and oxygen atoms in total. The van der Waals surface area contributed by atoms with Crippen LogP contribution in [0.5, 0.6) is 0 Å². The Balaban J connectivity index is 0.00000289. The lowest BCUT2D eigenvalue weighted by Crippen LogP contribution is -2.38. The van der Waals surface area contributed by atoms with E-state index in [0.29, 0.717) is 13.2 Å². The van der Waals surface area contributed by atoms with Gasteiger partial charge in [0.2, 0.25) is 0 Å². The number of nitrogens with one attached hydrogen (secondary N) is 2. The minimum Gasteiger partial charge on any atom is -0.383 e. The first-order chi connectivity index (χ1) is 8.19. The summed E-state index contributed by atoms with van der Waals surface area (Å²) in [4.78, 5) is 4.11. The van der Waals surface area contributed by atoms with E-state index >= 15 is 0 Å². The quantitative estimate of drug-likeness (QED) is 0.354. The molecule has 0 aliphatic carbocycles. The van der Waals surface area contributed by atoms with Crippen LogP contribution in [0, 0.1) is 13.8 Å². The third kappa shape index (κ3) is 5.21. The number of aromatic nitrogens is 1. The molecule has 0 aromatic carbocycles. The lowest BCUT2D eigenvalue weighted by Gasteiger charge is -2.11. The molecule has 0 atom stereocenters. The molecule has 7 heteroatoms. The highest BCUT2D eigenvalue weighted by molar-refractivity contribution is 14.0. The summed E-state index contributed by atoms with van der Waals surface area (Å²) in [6.45, 7) is 5.84. The predicted octanol–water partition coefficient (Wildman–Crippen LogP) is 1.22. The first-order valence-corrected chi connectivity index (χ1v) is 5.54. The van der Waals surface area contributed by atoms with Crippen LogP contribution in [0.2, 0.25) is 0 Å². The number of hydrogen-bond donors (Lipinski definition) is 2. The molecule has 0 fully saturated rings. The molecule has 2 N–H and O–H groups in total. The van der Waals surface area contributed by atoms with Gasteiger partial charge in [-0.2, -0.15) is 0 Å². The maximum Gasteiger partial charge on any atom is 0.191 e. The highest BCUT2D eigenvalue weighted by atomic mass is 127. The third-order valence-corrected chi connectivity index (χ3v) is 2.44. The second-order valence-electron chi connectivity index (χ2n) is 3.65. The van der Waals surface area contributed by atoms with E-state index in [0.717, 1.165) is 29.5 Å². The normalized spacial score (nSPS) is 11.0. The van der Waals surface area contributed by atoms with Crippen molar-refractivity contribution in [3.05, 3.63) is 17.0 Å². The maximum atomic E-state index is 5.09. The Labute approximate surface area is 125 Å². The molecule has 1 aromatic rings. The SMILES string of the molecule is CN=C(NCCOC)NCc1c(C)noc1C.I. The number of aliphatic imine (C=N–C) groups is 1. The first kappa shape index (κ1) is 17.2. The Hall–Kier alpha value is -0.830. The van der Waals surface area contributed by atoms with Crippen LogP contribution in [0.3, 0.4) is 0 Å².